The number of phenols is 1. The standard InChI is InChI=1S/C9H12O4S/c1-7(2)14(11,12)13-9-6-4-3-5-8(9)10/h3-7,10H,1-2H3. The second-order valence-electron chi connectivity index (χ2n) is 3.09. The average molecular weight is 216 g/mol. The van der Waals surface area contributed by atoms with Gasteiger partial charge in [0.25, 0.3) is 0 Å². The monoisotopic (exact) mass is 216 g/mol. The second kappa shape index (κ2) is 3.88. The largest absolute Gasteiger partial charge is 0.504 e. The van der Waals surface area contributed by atoms with Crippen molar-refractivity contribution in [2.24, 2.45) is 0 Å². The topological polar surface area (TPSA) is 63.6 Å². The lowest BCUT2D eigenvalue weighted by atomic mass is 10.3. The van der Waals surface area contributed by atoms with Crippen LogP contribution in [0.1, 0.15) is 13.8 Å². The summed E-state index contributed by atoms with van der Waals surface area (Å²) >= 11 is 0. The maximum Gasteiger partial charge on any atom is 0.311 e. The van der Waals surface area contributed by atoms with E-state index in [-0.39, 0.29) is 11.5 Å². The Kier molecular flexibility index (Phi) is 3.00. The van der Waals surface area contributed by atoms with Crippen molar-refractivity contribution < 1.29 is 17.7 Å². The van der Waals surface area contributed by atoms with Crippen molar-refractivity contribution >= 4 is 10.1 Å². The molecule has 78 valence electrons. The summed E-state index contributed by atoms with van der Waals surface area (Å²) < 4.78 is 27.4. The van der Waals surface area contributed by atoms with Crippen LogP contribution in [0.15, 0.2) is 24.3 Å². The van der Waals surface area contributed by atoms with E-state index < -0.39 is 15.4 Å². The lowest BCUT2D eigenvalue weighted by Crippen LogP contribution is -2.19. The SMILES string of the molecule is CC(C)S(=O)(=O)Oc1ccccc1O. The zero-order chi connectivity index (χ0) is 10.8. The molecule has 0 bridgehead atoms. The third kappa shape index (κ3) is 2.38. The first-order chi connectivity index (χ1) is 6.43. The van der Waals surface area contributed by atoms with Gasteiger partial charge in [0.15, 0.2) is 11.5 Å². The van der Waals surface area contributed by atoms with Crippen LogP contribution in [0.2, 0.25) is 0 Å². The Morgan fingerprint density at radius 3 is 2.36 bits per heavy atom. The summed E-state index contributed by atoms with van der Waals surface area (Å²) in [5.74, 6) is -0.224. The van der Waals surface area contributed by atoms with E-state index in [2.05, 4.69) is 0 Å². The molecule has 0 saturated carbocycles. The van der Waals surface area contributed by atoms with E-state index in [4.69, 9.17) is 4.18 Å². The molecule has 0 aliphatic heterocycles. The minimum Gasteiger partial charge on any atom is -0.504 e. The van der Waals surface area contributed by atoms with Gasteiger partial charge in [-0.25, -0.2) is 0 Å². The van der Waals surface area contributed by atoms with Gasteiger partial charge in [-0.15, -0.1) is 0 Å². The molecular formula is C9H12O4S. The Morgan fingerprint density at radius 2 is 1.86 bits per heavy atom. The smallest absolute Gasteiger partial charge is 0.311 e. The molecule has 0 spiro atoms. The molecule has 4 nitrogen and oxygen atoms in total. The number of benzene rings is 1. The van der Waals surface area contributed by atoms with E-state index in [1.165, 1.54) is 26.0 Å². The molecule has 0 heterocycles. The lowest BCUT2D eigenvalue weighted by molar-refractivity contribution is 0.425. The molecule has 0 aromatic heterocycles. The van der Waals surface area contributed by atoms with E-state index in [1.54, 1.807) is 12.1 Å². The number of hydrogen-bond donors (Lipinski definition) is 1. The molecule has 1 rings (SSSR count). The summed E-state index contributed by atoms with van der Waals surface area (Å²) in [4.78, 5) is 0. The number of hydrogen-bond acceptors (Lipinski definition) is 4. The van der Waals surface area contributed by atoms with Crippen LogP contribution in [0.3, 0.4) is 0 Å². The van der Waals surface area contributed by atoms with E-state index in [1.807, 2.05) is 0 Å². The van der Waals surface area contributed by atoms with Crippen LogP contribution < -0.4 is 4.18 Å². The molecular weight excluding hydrogens is 204 g/mol. The molecule has 14 heavy (non-hydrogen) atoms. The van der Waals surface area contributed by atoms with E-state index in [0.717, 1.165) is 0 Å². The van der Waals surface area contributed by atoms with Crippen molar-refractivity contribution in [2.45, 2.75) is 19.1 Å². The highest BCUT2D eigenvalue weighted by Gasteiger charge is 2.19. The minimum atomic E-state index is -3.63. The first-order valence-corrected chi connectivity index (χ1v) is 5.62. The summed E-state index contributed by atoms with van der Waals surface area (Å²) in [5, 5.41) is 8.63. The molecule has 0 saturated heterocycles. The van der Waals surface area contributed by atoms with Crippen LogP contribution in [0.4, 0.5) is 0 Å². The van der Waals surface area contributed by atoms with Crippen LogP contribution in [-0.2, 0) is 10.1 Å². The molecule has 5 heteroatoms. The van der Waals surface area contributed by atoms with Crippen LogP contribution in [0, 0.1) is 0 Å². The fourth-order valence-electron chi connectivity index (χ4n) is 0.749. The maximum absolute atomic E-state index is 11.3. The van der Waals surface area contributed by atoms with E-state index >= 15 is 0 Å². The fourth-order valence-corrected chi connectivity index (χ4v) is 1.33. The van der Waals surface area contributed by atoms with E-state index in [9.17, 15) is 13.5 Å². The zero-order valence-electron chi connectivity index (χ0n) is 7.97. The fraction of sp³-hybridized carbons (Fsp3) is 0.333. The normalized spacial score (nSPS) is 11.6. The van der Waals surface area contributed by atoms with E-state index in [0.29, 0.717) is 0 Å². The number of para-hydroxylation sites is 2. The van der Waals surface area contributed by atoms with Crippen LogP contribution in [0.25, 0.3) is 0 Å². The summed E-state index contributed by atoms with van der Waals surface area (Å²) in [6, 6.07) is 5.94. The van der Waals surface area contributed by atoms with Crippen LogP contribution in [0.5, 0.6) is 11.5 Å². The number of phenolic OH excluding ortho intramolecular Hbond substituents is 1. The highest BCUT2D eigenvalue weighted by molar-refractivity contribution is 7.87. The van der Waals surface area contributed by atoms with Crippen LogP contribution in [-0.4, -0.2) is 18.8 Å². The Labute approximate surface area is 83.3 Å². The molecule has 1 aromatic rings. The number of aromatic hydroxyl groups is 1. The number of rotatable bonds is 3. The summed E-state index contributed by atoms with van der Waals surface area (Å²) in [7, 11) is -3.63. The molecule has 0 aliphatic carbocycles. The minimum absolute atomic E-state index is 0.0406. The molecule has 1 aromatic carbocycles. The van der Waals surface area contributed by atoms with Gasteiger partial charge in [0.2, 0.25) is 0 Å². The van der Waals surface area contributed by atoms with Gasteiger partial charge in [0.1, 0.15) is 0 Å². The van der Waals surface area contributed by atoms with Crippen LogP contribution >= 0.6 is 0 Å². The lowest BCUT2D eigenvalue weighted by Gasteiger charge is -2.10. The molecule has 0 amide bonds. The molecule has 0 atom stereocenters. The van der Waals surface area contributed by atoms with Gasteiger partial charge < -0.3 is 9.29 Å². The highest BCUT2D eigenvalue weighted by Crippen LogP contribution is 2.26. The molecule has 0 fully saturated rings. The van der Waals surface area contributed by atoms with Gasteiger partial charge in [0.05, 0.1) is 5.25 Å². The van der Waals surface area contributed by atoms with Crippen molar-refractivity contribution in [3.63, 3.8) is 0 Å². The predicted molar refractivity (Wildman–Crippen MR) is 52.8 cm³/mol. The average Bonchev–Trinajstić information content (AvgIpc) is 2.08. The Balaban J connectivity index is 2.96. The molecule has 1 N–H and O–H groups in total. The summed E-state index contributed by atoms with van der Waals surface area (Å²) in [6.45, 7) is 3.02. The zero-order valence-corrected chi connectivity index (χ0v) is 8.78. The summed E-state index contributed by atoms with van der Waals surface area (Å²) in [5.41, 5.74) is 0. The third-order valence-electron chi connectivity index (χ3n) is 1.65. The highest BCUT2D eigenvalue weighted by atomic mass is 32.2. The van der Waals surface area contributed by atoms with Gasteiger partial charge in [-0.1, -0.05) is 12.1 Å². The maximum atomic E-state index is 11.3. The Bertz CT molecular complexity index is 409. The van der Waals surface area contributed by atoms with Crippen molar-refractivity contribution in [1.82, 2.24) is 0 Å². The Hall–Kier alpha value is -1.23. The van der Waals surface area contributed by atoms with Gasteiger partial charge in [-0.05, 0) is 26.0 Å². The second-order valence-corrected chi connectivity index (χ2v) is 5.19. The van der Waals surface area contributed by atoms with Crippen molar-refractivity contribution in [2.75, 3.05) is 0 Å². The molecule has 0 aliphatic rings. The first kappa shape index (κ1) is 10.8. The summed E-state index contributed by atoms with van der Waals surface area (Å²) in [6.07, 6.45) is 0. The quantitative estimate of drug-likeness (QED) is 0.778. The van der Waals surface area contributed by atoms with Gasteiger partial charge in [-0.3, -0.25) is 0 Å². The Morgan fingerprint density at radius 1 is 1.29 bits per heavy atom. The van der Waals surface area contributed by atoms with Crippen molar-refractivity contribution in [1.29, 1.82) is 0 Å². The predicted octanol–water partition coefficient (Wildman–Crippen LogP) is 1.51. The molecule has 0 radical (unpaired) electrons. The van der Waals surface area contributed by atoms with Gasteiger partial charge in [0, 0.05) is 0 Å². The van der Waals surface area contributed by atoms with Gasteiger partial charge >= 0.3 is 10.1 Å². The van der Waals surface area contributed by atoms with Crippen molar-refractivity contribution in [3.8, 4) is 11.5 Å². The molecule has 0 unspecified atom stereocenters. The van der Waals surface area contributed by atoms with Gasteiger partial charge in [-0.2, -0.15) is 8.42 Å². The van der Waals surface area contributed by atoms with Crippen molar-refractivity contribution in [3.05, 3.63) is 24.3 Å². The first-order valence-electron chi connectivity index (χ1n) is 4.15. The third-order valence-corrected chi connectivity index (χ3v) is 3.22.